The maximum atomic E-state index is 2.62. The minimum atomic E-state index is 1.22. The first-order chi connectivity index (χ1) is 18.8. The molecule has 0 aliphatic carbocycles. The highest BCUT2D eigenvalue weighted by Crippen LogP contribution is 2.15. The summed E-state index contributed by atoms with van der Waals surface area (Å²) in [5, 5.41) is 0. The third-order valence-corrected chi connectivity index (χ3v) is 8.60. The standard InChI is InChI=1S/C36H71N2/c1-4-7-10-13-15-17-19-21-23-25-28-31-36-37(32-29-26-12-9-6-3)34-35-38(36)33-30-27-24-22-20-18-16-14-11-8-5-2/h34-35H,4-33H2,1-3H3/q+1. The summed E-state index contributed by atoms with van der Waals surface area (Å²) >= 11 is 0. The summed E-state index contributed by atoms with van der Waals surface area (Å²) in [4.78, 5) is 0. The van der Waals surface area contributed by atoms with Gasteiger partial charge in [-0.15, -0.1) is 0 Å². The predicted octanol–water partition coefficient (Wildman–Crippen LogP) is 11.9. The molecule has 0 saturated heterocycles. The van der Waals surface area contributed by atoms with Crippen LogP contribution in [-0.4, -0.2) is 4.57 Å². The number of aryl methyl sites for hydroxylation is 2. The molecule has 0 aromatic carbocycles. The van der Waals surface area contributed by atoms with Gasteiger partial charge in [0.1, 0.15) is 12.4 Å². The van der Waals surface area contributed by atoms with Gasteiger partial charge in [0.25, 0.3) is 5.82 Å². The zero-order valence-electron chi connectivity index (χ0n) is 26.8. The van der Waals surface area contributed by atoms with Crippen molar-refractivity contribution in [2.75, 3.05) is 0 Å². The SMILES string of the molecule is CCCCCCCCCCCCCc1n(CCCCCCCCCCCCC)cc[n+]1CCCCCCC. The number of hydrogen-bond acceptors (Lipinski definition) is 0. The fourth-order valence-corrected chi connectivity index (χ4v) is 5.97. The molecule has 1 aromatic heterocycles. The molecule has 224 valence electrons. The quantitative estimate of drug-likeness (QED) is 0.0689. The lowest BCUT2D eigenvalue weighted by Gasteiger charge is -2.07. The molecular weight excluding hydrogens is 460 g/mol. The largest absolute Gasteiger partial charge is 0.256 e. The number of unbranched alkanes of at least 4 members (excludes halogenated alkanes) is 24. The van der Waals surface area contributed by atoms with E-state index in [9.17, 15) is 0 Å². The van der Waals surface area contributed by atoms with Crippen molar-refractivity contribution in [3.63, 3.8) is 0 Å². The Bertz CT molecular complexity index is 590. The molecule has 2 heteroatoms. The Morgan fingerprint density at radius 3 is 1.26 bits per heavy atom. The molecule has 1 aromatic rings. The number of nitrogens with zero attached hydrogens (tertiary/aromatic N) is 2. The van der Waals surface area contributed by atoms with Crippen molar-refractivity contribution in [3.05, 3.63) is 18.2 Å². The molecule has 0 radical (unpaired) electrons. The minimum absolute atomic E-state index is 1.22. The van der Waals surface area contributed by atoms with E-state index in [1.54, 1.807) is 5.82 Å². The van der Waals surface area contributed by atoms with Gasteiger partial charge in [0.05, 0.1) is 13.1 Å². The van der Waals surface area contributed by atoms with Gasteiger partial charge in [-0.3, -0.25) is 0 Å². The summed E-state index contributed by atoms with van der Waals surface area (Å²) in [6, 6.07) is 0. The van der Waals surface area contributed by atoms with Gasteiger partial charge in [0.15, 0.2) is 0 Å². The molecule has 0 amide bonds. The van der Waals surface area contributed by atoms with Gasteiger partial charge in [0, 0.05) is 6.42 Å². The maximum Gasteiger partial charge on any atom is 0.256 e. The first-order valence-corrected chi connectivity index (χ1v) is 17.9. The van der Waals surface area contributed by atoms with Gasteiger partial charge >= 0.3 is 0 Å². The van der Waals surface area contributed by atoms with Crippen LogP contribution in [0.3, 0.4) is 0 Å². The van der Waals surface area contributed by atoms with Gasteiger partial charge in [0.2, 0.25) is 0 Å². The van der Waals surface area contributed by atoms with Crippen molar-refractivity contribution in [1.82, 2.24) is 4.57 Å². The molecule has 0 spiro atoms. The fourth-order valence-electron chi connectivity index (χ4n) is 5.97. The van der Waals surface area contributed by atoms with E-state index in [4.69, 9.17) is 0 Å². The topological polar surface area (TPSA) is 8.81 Å². The predicted molar refractivity (Wildman–Crippen MR) is 170 cm³/mol. The number of aromatic nitrogens is 2. The third-order valence-electron chi connectivity index (χ3n) is 8.60. The highest BCUT2D eigenvalue weighted by atomic mass is 15.1. The molecule has 0 aliphatic rings. The summed E-state index contributed by atoms with van der Waals surface area (Å²) in [6.07, 6.45) is 44.4. The molecule has 0 bridgehead atoms. The van der Waals surface area contributed by atoms with Gasteiger partial charge in [-0.05, 0) is 32.1 Å². The zero-order chi connectivity index (χ0) is 27.4. The molecular formula is C36H71N2+. The summed E-state index contributed by atoms with van der Waals surface area (Å²) in [5.41, 5.74) is 0. The molecule has 1 heterocycles. The second kappa shape index (κ2) is 27.8. The van der Waals surface area contributed by atoms with Gasteiger partial charge in [-0.2, -0.15) is 0 Å². The van der Waals surface area contributed by atoms with Crippen LogP contribution in [0.4, 0.5) is 0 Å². The Hall–Kier alpha value is -0.790. The van der Waals surface area contributed by atoms with Crippen LogP contribution in [0.25, 0.3) is 0 Å². The lowest BCUT2D eigenvalue weighted by molar-refractivity contribution is -0.704. The van der Waals surface area contributed by atoms with Crippen molar-refractivity contribution >= 4 is 0 Å². The van der Waals surface area contributed by atoms with Crippen LogP contribution in [-0.2, 0) is 19.5 Å². The normalized spacial score (nSPS) is 11.6. The summed E-state index contributed by atoms with van der Waals surface area (Å²) in [5.74, 6) is 1.61. The Balaban J connectivity index is 2.28. The van der Waals surface area contributed by atoms with Crippen LogP contribution in [0.5, 0.6) is 0 Å². The van der Waals surface area contributed by atoms with E-state index in [0.29, 0.717) is 0 Å². The third kappa shape index (κ3) is 20.2. The Labute approximate surface area is 240 Å². The van der Waals surface area contributed by atoms with E-state index < -0.39 is 0 Å². The van der Waals surface area contributed by atoms with Crippen LogP contribution in [0.1, 0.15) is 200 Å². The van der Waals surface area contributed by atoms with E-state index >= 15 is 0 Å². The van der Waals surface area contributed by atoms with Crippen LogP contribution in [0.2, 0.25) is 0 Å². The average molecular weight is 532 g/mol. The van der Waals surface area contributed by atoms with E-state index in [2.05, 4.69) is 42.3 Å². The van der Waals surface area contributed by atoms with E-state index in [-0.39, 0.29) is 0 Å². The highest BCUT2D eigenvalue weighted by Gasteiger charge is 2.16. The van der Waals surface area contributed by atoms with Gasteiger partial charge < -0.3 is 0 Å². The molecule has 0 N–H and O–H groups in total. The molecule has 38 heavy (non-hydrogen) atoms. The maximum absolute atomic E-state index is 2.62. The summed E-state index contributed by atoms with van der Waals surface area (Å²) < 4.78 is 5.23. The molecule has 0 atom stereocenters. The molecule has 0 unspecified atom stereocenters. The fraction of sp³-hybridized carbons (Fsp3) is 0.917. The van der Waals surface area contributed by atoms with Crippen molar-refractivity contribution in [2.45, 2.75) is 214 Å². The van der Waals surface area contributed by atoms with Crippen LogP contribution >= 0.6 is 0 Å². The average Bonchev–Trinajstić information content (AvgIpc) is 3.31. The lowest BCUT2D eigenvalue weighted by Crippen LogP contribution is -2.37. The summed E-state index contributed by atoms with van der Waals surface area (Å²) in [7, 11) is 0. The number of hydrogen-bond donors (Lipinski definition) is 0. The van der Waals surface area contributed by atoms with E-state index in [1.165, 1.54) is 193 Å². The molecule has 2 nitrogen and oxygen atoms in total. The number of rotatable bonds is 30. The first-order valence-electron chi connectivity index (χ1n) is 17.9. The van der Waals surface area contributed by atoms with Gasteiger partial charge in [-0.25, -0.2) is 9.13 Å². The first kappa shape index (κ1) is 35.2. The molecule has 0 aliphatic heterocycles. The van der Waals surface area contributed by atoms with Crippen molar-refractivity contribution in [3.8, 4) is 0 Å². The van der Waals surface area contributed by atoms with E-state index in [0.717, 1.165) is 0 Å². The molecule has 0 fully saturated rings. The lowest BCUT2D eigenvalue weighted by atomic mass is 10.0. The Morgan fingerprint density at radius 2 is 0.816 bits per heavy atom. The highest BCUT2D eigenvalue weighted by molar-refractivity contribution is 4.84. The monoisotopic (exact) mass is 532 g/mol. The minimum Gasteiger partial charge on any atom is -0.234 e. The smallest absolute Gasteiger partial charge is 0.234 e. The molecule has 1 rings (SSSR count). The van der Waals surface area contributed by atoms with E-state index in [1.807, 2.05) is 0 Å². The second-order valence-corrected chi connectivity index (χ2v) is 12.3. The van der Waals surface area contributed by atoms with Crippen LogP contribution in [0.15, 0.2) is 12.4 Å². The van der Waals surface area contributed by atoms with Crippen LogP contribution < -0.4 is 4.57 Å². The zero-order valence-corrected chi connectivity index (χ0v) is 26.8. The second-order valence-electron chi connectivity index (χ2n) is 12.3. The van der Waals surface area contributed by atoms with Crippen molar-refractivity contribution < 1.29 is 4.57 Å². The van der Waals surface area contributed by atoms with Crippen molar-refractivity contribution in [2.24, 2.45) is 0 Å². The molecule has 0 saturated carbocycles. The van der Waals surface area contributed by atoms with Crippen molar-refractivity contribution in [1.29, 1.82) is 0 Å². The van der Waals surface area contributed by atoms with Gasteiger partial charge in [-0.1, -0.05) is 162 Å². The number of imidazole rings is 1. The summed E-state index contributed by atoms with van der Waals surface area (Å²) in [6.45, 7) is 9.39. The Kier molecular flexibility index (Phi) is 25.7. The van der Waals surface area contributed by atoms with Crippen LogP contribution in [0, 0.1) is 0 Å². The Morgan fingerprint density at radius 1 is 0.447 bits per heavy atom.